The van der Waals surface area contributed by atoms with Gasteiger partial charge in [0, 0.05) is 24.8 Å². The molecule has 2 aromatic heterocycles. The van der Waals surface area contributed by atoms with Crippen LogP contribution in [0.4, 0.5) is 0 Å². The molecule has 5 rings (SSSR count). The summed E-state index contributed by atoms with van der Waals surface area (Å²) in [5, 5.41) is 0. The van der Waals surface area contributed by atoms with Gasteiger partial charge in [0.1, 0.15) is 5.65 Å². The molecular formula is C23H21N3O2. The van der Waals surface area contributed by atoms with Crippen molar-refractivity contribution in [2.24, 2.45) is 0 Å². The molecule has 0 saturated carbocycles. The third-order valence-corrected chi connectivity index (χ3v) is 4.99. The Morgan fingerprint density at radius 2 is 1.75 bits per heavy atom. The fraction of sp³-hybridized carbons (Fsp3) is 0.174. The quantitative estimate of drug-likeness (QED) is 0.522. The van der Waals surface area contributed by atoms with Gasteiger partial charge < -0.3 is 13.9 Å². The Balaban J connectivity index is 1.45. The van der Waals surface area contributed by atoms with Crippen LogP contribution in [0.15, 0.2) is 72.9 Å². The van der Waals surface area contributed by atoms with Crippen molar-refractivity contribution < 1.29 is 9.47 Å². The Kier molecular flexibility index (Phi) is 4.22. The summed E-state index contributed by atoms with van der Waals surface area (Å²) in [6.45, 7) is 1.89. The first-order valence-corrected chi connectivity index (χ1v) is 9.36. The number of rotatable bonds is 5. The lowest BCUT2D eigenvalue weighted by atomic mass is 10.1. The highest BCUT2D eigenvalue weighted by molar-refractivity contribution is 5.66. The summed E-state index contributed by atoms with van der Waals surface area (Å²) < 4.78 is 13.1. The molecule has 0 aliphatic carbocycles. The molecule has 0 atom stereocenters. The van der Waals surface area contributed by atoms with Gasteiger partial charge in [-0.2, -0.15) is 0 Å². The number of hydrogen-bond acceptors (Lipinski definition) is 4. The minimum atomic E-state index is 0.302. The topological polar surface area (TPSA) is 39.0 Å². The maximum Gasteiger partial charge on any atom is 0.231 e. The van der Waals surface area contributed by atoms with Crippen LogP contribution in [0.5, 0.6) is 11.5 Å². The molecule has 0 spiro atoms. The Bertz CT molecular complexity index is 1120. The summed E-state index contributed by atoms with van der Waals surface area (Å²) in [4.78, 5) is 7.18. The van der Waals surface area contributed by atoms with Crippen LogP contribution >= 0.6 is 0 Å². The molecule has 0 bridgehead atoms. The number of pyridine rings is 1. The van der Waals surface area contributed by atoms with Crippen molar-refractivity contribution in [1.29, 1.82) is 0 Å². The van der Waals surface area contributed by atoms with E-state index in [4.69, 9.17) is 14.5 Å². The van der Waals surface area contributed by atoms with E-state index in [-0.39, 0.29) is 0 Å². The van der Waals surface area contributed by atoms with Crippen molar-refractivity contribution in [3.8, 4) is 22.8 Å². The van der Waals surface area contributed by atoms with Crippen LogP contribution in [0.25, 0.3) is 16.9 Å². The van der Waals surface area contributed by atoms with Gasteiger partial charge in [0.25, 0.3) is 0 Å². The molecule has 1 aliphatic heterocycles. The lowest BCUT2D eigenvalue weighted by Crippen LogP contribution is -2.18. The number of nitrogens with zero attached hydrogens (tertiary/aromatic N) is 3. The Hall–Kier alpha value is -3.31. The Labute approximate surface area is 163 Å². The van der Waals surface area contributed by atoms with Gasteiger partial charge in [-0.3, -0.25) is 4.90 Å². The summed E-state index contributed by atoms with van der Waals surface area (Å²) in [6.07, 6.45) is 2.08. The normalized spacial score (nSPS) is 12.8. The SMILES string of the molecule is CN(Cc1ccc2c(c1)OCO2)Cc1c(-c2ccccc2)nc2ccccn12. The van der Waals surface area contributed by atoms with Gasteiger partial charge in [0.2, 0.25) is 6.79 Å². The zero-order valence-corrected chi connectivity index (χ0v) is 15.7. The molecule has 1 aliphatic rings. The van der Waals surface area contributed by atoms with Crippen molar-refractivity contribution in [2.75, 3.05) is 13.8 Å². The third kappa shape index (κ3) is 3.10. The third-order valence-electron chi connectivity index (χ3n) is 4.99. The van der Waals surface area contributed by atoms with Crippen LogP contribution in [0.2, 0.25) is 0 Å². The fourth-order valence-corrected chi connectivity index (χ4v) is 3.69. The minimum absolute atomic E-state index is 0.302. The van der Waals surface area contributed by atoms with Crippen LogP contribution in [0.3, 0.4) is 0 Å². The molecule has 0 N–H and O–H groups in total. The zero-order valence-electron chi connectivity index (χ0n) is 15.7. The average molecular weight is 371 g/mol. The second-order valence-corrected chi connectivity index (χ2v) is 7.06. The molecule has 5 nitrogen and oxygen atoms in total. The average Bonchev–Trinajstić information content (AvgIpc) is 3.33. The Morgan fingerprint density at radius 1 is 0.929 bits per heavy atom. The fourth-order valence-electron chi connectivity index (χ4n) is 3.69. The minimum Gasteiger partial charge on any atom is -0.454 e. The van der Waals surface area contributed by atoms with Crippen molar-refractivity contribution in [3.63, 3.8) is 0 Å². The van der Waals surface area contributed by atoms with Gasteiger partial charge >= 0.3 is 0 Å². The maximum absolute atomic E-state index is 5.51. The van der Waals surface area contributed by atoms with E-state index >= 15 is 0 Å². The molecule has 5 heteroatoms. The van der Waals surface area contributed by atoms with Crippen LogP contribution in [-0.2, 0) is 13.1 Å². The number of aromatic nitrogens is 2. The summed E-state index contributed by atoms with van der Waals surface area (Å²) in [7, 11) is 2.13. The summed E-state index contributed by atoms with van der Waals surface area (Å²) in [6, 6.07) is 22.6. The first-order chi connectivity index (χ1) is 13.8. The first kappa shape index (κ1) is 16.8. The molecule has 140 valence electrons. The van der Waals surface area contributed by atoms with E-state index in [1.165, 1.54) is 11.3 Å². The molecule has 0 unspecified atom stereocenters. The van der Waals surface area contributed by atoms with Gasteiger partial charge in [-0.25, -0.2) is 4.98 Å². The number of benzene rings is 2. The second-order valence-electron chi connectivity index (χ2n) is 7.06. The van der Waals surface area contributed by atoms with E-state index < -0.39 is 0 Å². The van der Waals surface area contributed by atoms with E-state index in [0.717, 1.165) is 41.5 Å². The number of fused-ring (bicyclic) bond motifs is 2. The van der Waals surface area contributed by atoms with E-state index in [9.17, 15) is 0 Å². The molecule has 2 aromatic carbocycles. The highest BCUT2D eigenvalue weighted by Gasteiger charge is 2.17. The molecule has 0 saturated heterocycles. The van der Waals surface area contributed by atoms with Crippen molar-refractivity contribution in [2.45, 2.75) is 13.1 Å². The molecule has 28 heavy (non-hydrogen) atoms. The van der Waals surface area contributed by atoms with Gasteiger partial charge in [0.05, 0.1) is 11.4 Å². The molecule has 0 fully saturated rings. The Morgan fingerprint density at radius 3 is 2.64 bits per heavy atom. The molecular weight excluding hydrogens is 350 g/mol. The van der Waals surface area contributed by atoms with Crippen molar-refractivity contribution in [1.82, 2.24) is 14.3 Å². The van der Waals surface area contributed by atoms with Crippen LogP contribution in [-0.4, -0.2) is 28.1 Å². The summed E-state index contributed by atoms with van der Waals surface area (Å²) >= 11 is 0. The van der Waals surface area contributed by atoms with Crippen molar-refractivity contribution >= 4 is 5.65 Å². The second kappa shape index (κ2) is 7.02. The van der Waals surface area contributed by atoms with Crippen LogP contribution in [0, 0.1) is 0 Å². The summed E-state index contributed by atoms with van der Waals surface area (Å²) in [5.74, 6) is 1.64. The van der Waals surface area contributed by atoms with E-state index in [1.807, 2.05) is 30.3 Å². The largest absolute Gasteiger partial charge is 0.454 e. The number of hydrogen-bond donors (Lipinski definition) is 0. The highest BCUT2D eigenvalue weighted by Crippen LogP contribution is 2.33. The lowest BCUT2D eigenvalue weighted by molar-refractivity contribution is 0.174. The standard InChI is InChI=1S/C23H21N3O2/c1-25(14-17-10-11-20-21(13-17)28-16-27-20)15-19-23(18-7-3-2-4-8-18)24-22-9-5-6-12-26(19)22/h2-13H,14-16H2,1H3. The van der Waals surface area contributed by atoms with Crippen molar-refractivity contribution in [3.05, 3.63) is 84.2 Å². The van der Waals surface area contributed by atoms with Gasteiger partial charge in [-0.1, -0.05) is 42.5 Å². The molecule has 0 radical (unpaired) electrons. The smallest absolute Gasteiger partial charge is 0.231 e. The van der Waals surface area contributed by atoms with E-state index in [1.54, 1.807) is 0 Å². The monoisotopic (exact) mass is 371 g/mol. The predicted molar refractivity (Wildman–Crippen MR) is 108 cm³/mol. The number of imidazole rings is 1. The zero-order chi connectivity index (χ0) is 18.9. The van der Waals surface area contributed by atoms with E-state index in [2.05, 4.69) is 58.9 Å². The molecule has 4 aromatic rings. The first-order valence-electron chi connectivity index (χ1n) is 9.36. The number of ether oxygens (including phenoxy) is 2. The van der Waals surface area contributed by atoms with Gasteiger partial charge in [-0.05, 0) is 36.9 Å². The van der Waals surface area contributed by atoms with Gasteiger partial charge in [-0.15, -0.1) is 0 Å². The van der Waals surface area contributed by atoms with Gasteiger partial charge in [0.15, 0.2) is 11.5 Å². The van der Waals surface area contributed by atoms with E-state index in [0.29, 0.717) is 6.79 Å². The molecule has 3 heterocycles. The van der Waals surface area contributed by atoms with Crippen LogP contribution in [0.1, 0.15) is 11.3 Å². The maximum atomic E-state index is 5.51. The van der Waals surface area contributed by atoms with Crippen LogP contribution < -0.4 is 9.47 Å². The summed E-state index contributed by atoms with van der Waals surface area (Å²) in [5.41, 5.74) is 5.52. The lowest BCUT2D eigenvalue weighted by Gasteiger charge is -2.18. The molecule has 0 amide bonds. The predicted octanol–water partition coefficient (Wildman–Crippen LogP) is 4.36. The highest BCUT2D eigenvalue weighted by atomic mass is 16.7.